The molecule has 0 aliphatic carbocycles. The minimum absolute atomic E-state index is 0.0300. The minimum Gasteiger partial charge on any atom is -0.497 e. The highest BCUT2D eigenvalue weighted by Crippen LogP contribution is 2.21. The van der Waals surface area contributed by atoms with Crippen LogP contribution in [-0.4, -0.2) is 29.8 Å². The van der Waals surface area contributed by atoms with Crippen LogP contribution in [-0.2, 0) is 13.0 Å². The summed E-state index contributed by atoms with van der Waals surface area (Å²) >= 11 is 5.22. The molecule has 0 unspecified atom stereocenters. The Kier molecular flexibility index (Phi) is 6.85. The molecule has 0 aromatic heterocycles. The molecule has 0 spiro atoms. The van der Waals surface area contributed by atoms with E-state index in [1.165, 1.54) is 7.11 Å². The summed E-state index contributed by atoms with van der Waals surface area (Å²) in [5, 5.41) is 2.92. The maximum atomic E-state index is 13.0. The first-order valence-corrected chi connectivity index (χ1v) is 8.56. The molecule has 0 heterocycles. The van der Waals surface area contributed by atoms with Crippen LogP contribution in [0.15, 0.2) is 48.5 Å². The standard InChI is InChI=1S/C19H21F3N2OS/c1-3-14-4-8-16(9-5-14)23-18(26)24(13-19(20,21)22)12-15-6-10-17(25-2)11-7-15/h4-11H,3,12-13H2,1-2H3,(H,23,26). The fourth-order valence-electron chi connectivity index (χ4n) is 2.39. The topological polar surface area (TPSA) is 24.5 Å². The number of halogens is 3. The molecule has 0 aliphatic heterocycles. The number of ether oxygens (including phenoxy) is 1. The summed E-state index contributed by atoms with van der Waals surface area (Å²) in [6.45, 7) is 0.952. The molecule has 0 fully saturated rings. The summed E-state index contributed by atoms with van der Waals surface area (Å²) in [4.78, 5) is 1.10. The van der Waals surface area contributed by atoms with Crippen molar-refractivity contribution in [1.29, 1.82) is 0 Å². The summed E-state index contributed by atoms with van der Waals surface area (Å²) in [5.74, 6) is 0.646. The highest BCUT2D eigenvalue weighted by Gasteiger charge is 2.32. The van der Waals surface area contributed by atoms with Crippen molar-refractivity contribution in [3.63, 3.8) is 0 Å². The fourth-order valence-corrected chi connectivity index (χ4v) is 2.64. The summed E-state index contributed by atoms with van der Waals surface area (Å²) in [7, 11) is 1.54. The number of thiocarbonyl (C=S) groups is 1. The van der Waals surface area contributed by atoms with E-state index in [-0.39, 0.29) is 11.7 Å². The Morgan fingerprint density at radius 3 is 2.12 bits per heavy atom. The molecule has 2 rings (SSSR count). The number of hydrogen-bond acceptors (Lipinski definition) is 2. The third-order valence-corrected chi connectivity index (χ3v) is 4.16. The van der Waals surface area contributed by atoms with Crippen molar-refractivity contribution >= 4 is 23.0 Å². The number of hydrogen-bond donors (Lipinski definition) is 1. The van der Waals surface area contributed by atoms with Gasteiger partial charge in [-0.15, -0.1) is 0 Å². The molecule has 26 heavy (non-hydrogen) atoms. The van der Waals surface area contributed by atoms with Crippen molar-refractivity contribution in [3.8, 4) is 5.75 Å². The number of methoxy groups -OCH3 is 1. The number of alkyl halides is 3. The molecule has 3 nitrogen and oxygen atoms in total. The normalized spacial score (nSPS) is 11.1. The molecule has 2 aromatic rings. The van der Waals surface area contributed by atoms with Crippen molar-refractivity contribution in [1.82, 2.24) is 4.90 Å². The number of nitrogens with zero attached hydrogens (tertiary/aromatic N) is 1. The number of anilines is 1. The smallest absolute Gasteiger partial charge is 0.406 e. The van der Waals surface area contributed by atoms with Gasteiger partial charge in [-0.1, -0.05) is 31.2 Å². The van der Waals surface area contributed by atoms with Crippen molar-refractivity contribution in [2.24, 2.45) is 0 Å². The predicted molar refractivity (Wildman–Crippen MR) is 101 cm³/mol. The molecule has 140 valence electrons. The monoisotopic (exact) mass is 382 g/mol. The van der Waals surface area contributed by atoms with Crippen molar-refractivity contribution in [3.05, 3.63) is 59.7 Å². The molecule has 0 saturated heterocycles. The minimum atomic E-state index is -4.36. The van der Waals surface area contributed by atoms with Gasteiger partial charge < -0.3 is 15.0 Å². The largest absolute Gasteiger partial charge is 0.497 e. The summed E-state index contributed by atoms with van der Waals surface area (Å²) < 4.78 is 44.0. The summed E-state index contributed by atoms with van der Waals surface area (Å²) in [6.07, 6.45) is -3.47. The average Bonchev–Trinajstić information content (AvgIpc) is 2.61. The second kappa shape index (κ2) is 8.89. The first kappa shape index (κ1) is 20.0. The van der Waals surface area contributed by atoms with Gasteiger partial charge in [0.05, 0.1) is 7.11 Å². The van der Waals surface area contributed by atoms with Crippen LogP contribution in [0.2, 0.25) is 0 Å². The summed E-state index contributed by atoms with van der Waals surface area (Å²) in [5.41, 5.74) is 2.52. The quantitative estimate of drug-likeness (QED) is 0.709. The van der Waals surface area contributed by atoms with E-state index < -0.39 is 12.7 Å². The Hall–Kier alpha value is -2.28. The molecule has 7 heteroatoms. The van der Waals surface area contributed by atoms with Crippen LogP contribution < -0.4 is 10.1 Å². The molecular weight excluding hydrogens is 361 g/mol. The molecule has 0 amide bonds. The van der Waals surface area contributed by atoms with E-state index in [0.717, 1.165) is 16.9 Å². The maximum absolute atomic E-state index is 13.0. The van der Waals surface area contributed by atoms with Crippen LogP contribution >= 0.6 is 12.2 Å². The van der Waals surface area contributed by atoms with Gasteiger partial charge in [0.2, 0.25) is 0 Å². The number of aryl methyl sites for hydroxylation is 1. The van der Waals surface area contributed by atoms with E-state index in [9.17, 15) is 13.2 Å². The lowest BCUT2D eigenvalue weighted by atomic mass is 10.1. The van der Waals surface area contributed by atoms with Crippen LogP contribution in [0.25, 0.3) is 0 Å². The Bertz CT molecular complexity index is 715. The Morgan fingerprint density at radius 1 is 1.04 bits per heavy atom. The second-order valence-corrected chi connectivity index (χ2v) is 6.19. The first-order chi connectivity index (χ1) is 12.3. The SMILES string of the molecule is CCc1ccc(NC(=S)N(Cc2ccc(OC)cc2)CC(F)(F)F)cc1. The zero-order valence-corrected chi connectivity index (χ0v) is 15.5. The Balaban J connectivity index is 2.12. The van der Waals surface area contributed by atoms with Gasteiger partial charge in [-0.25, -0.2) is 0 Å². The van der Waals surface area contributed by atoms with Crippen molar-refractivity contribution in [2.75, 3.05) is 19.0 Å². The van der Waals surface area contributed by atoms with Crippen LogP contribution in [0, 0.1) is 0 Å². The number of rotatable bonds is 6. The zero-order valence-electron chi connectivity index (χ0n) is 14.6. The Morgan fingerprint density at radius 2 is 1.62 bits per heavy atom. The van der Waals surface area contributed by atoms with Gasteiger partial charge in [-0.2, -0.15) is 13.2 Å². The molecule has 0 atom stereocenters. The van der Waals surface area contributed by atoms with Crippen LogP contribution in [0.5, 0.6) is 5.75 Å². The highest BCUT2D eigenvalue weighted by atomic mass is 32.1. The molecule has 0 saturated carbocycles. The molecule has 1 N–H and O–H groups in total. The van der Waals surface area contributed by atoms with E-state index in [1.54, 1.807) is 24.3 Å². The molecule has 2 aromatic carbocycles. The van der Waals surface area contributed by atoms with E-state index >= 15 is 0 Å². The van der Waals surface area contributed by atoms with Gasteiger partial charge in [-0.05, 0) is 54.0 Å². The lowest BCUT2D eigenvalue weighted by Crippen LogP contribution is -2.40. The zero-order chi connectivity index (χ0) is 19.2. The number of nitrogens with one attached hydrogen (secondary N) is 1. The molecule has 0 radical (unpaired) electrons. The van der Waals surface area contributed by atoms with E-state index in [4.69, 9.17) is 17.0 Å². The van der Waals surface area contributed by atoms with Gasteiger partial charge in [0.25, 0.3) is 0 Å². The molecule has 0 bridgehead atoms. The maximum Gasteiger partial charge on any atom is 0.406 e. The van der Waals surface area contributed by atoms with Crippen molar-refractivity contribution < 1.29 is 17.9 Å². The van der Waals surface area contributed by atoms with Crippen LogP contribution in [0.1, 0.15) is 18.1 Å². The van der Waals surface area contributed by atoms with Gasteiger partial charge in [0, 0.05) is 12.2 Å². The lowest BCUT2D eigenvalue weighted by molar-refractivity contribution is -0.138. The third-order valence-electron chi connectivity index (χ3n) is 3.80. The second-order valence-electron chi connectivity index (χ2n) is 5.80. The van der Waals surface area contributed by atoms with E-state index in [0.29, 0.717) is 17.0 Å². The lowest BCUT2D eigenvalue weighted by Gasteiger charge is -2.27. The third kappa shape index (κ3) is 6.22. The van der Waals surface area contributed by atoms with Gasteiger partial charge in [0.1, 0.15) is 12.3 Å². The van der Waals surface area contributed by atoms with Gasteiger partial charge in [-0.3, -0.25) is 0 Å². The van der Waals surface area contributed by atoms with E-state index in [2.05, 4.69) is 5.32 Å². The first-order valence-electron chi connectivity index (χ1n) is 8.15. The average molecular weight is 382 g/mol. The van der Waals surface area contributed by atoms with E-state index in [1.807, 2.05) is 31.2 Å². The van der Waals surface area contributed by atoms with Gasteiger partial charge >= 0.3 is 6.18 Å². The highest BCUT2D eigenvalue weighted by molar-refractivity contribution is 7.80. The Labute approximate surface area is 156 Å². The molecular formula is C19H21F3N2OS. The predicted octanol–water partition coefficient (Wildman–Crippen LogP) is 5.02. The van der Waals surface area contributed by atoms with Crippen molar-refractivity contribution in [2.45, 2.75) is 26.1 Å². The molecule has 0 aliphatic rings. The summed E-state index contributed by atoms with van der Waals surface area (Å²) in [6, 6.07) is 14.3. The van der Waals surface area contributed by atoms with Gasteiger partial charge in [0.15, 0.2) is 5.11 Å². The van der Waals surface area contributed by atoms with Crippen LogP contribution in [0.4, 0.5) is 18.9 Å². The fraction of sp³-hybridized carbons (Fsp3) is 0.316. The number of benzene rings is 2. The van der Waals surface area contributed by atoms with Crippen LogP contribution in [0.3, 0.4) is 0 Å².